The largest absolute Gasteiger partial charge is 0.326 e. The van der Waals surface area contributed by atoms with E-state index in [-0.39, 0.29) is 17.9 Å². The molecular formula is C18H15ClN2O2. The maximum Gasteiger partial charge on any atom is 0.250 e. The number of halogens is 1. The molecule has 1 N–H and O–H groups in total. The number of nitrogens with one attached hydrogen (secondary N) is 1. The molecule has 4 nitrogen and oxygen atoms in total. The minimum absolute atomic E-state index is 0.0814. The summed E-state index contributed by atoms with van der Waals surface area (Å²) in [5.74, 6) is -0.118. The van der Waals surface area contributed by atoms with E-state index in [1.165, 1.54) is 6.07 Å². The monoisotopic (exact) mass is 326 g/mol. The second-order valence-corrected chi connectivity index (χ2v) is 5.79. The Morgan fingerprint density at radius 3 is 2.52 bits per heavy atom. The van der Waals surface area contributed by atoms with Gasteiger partial charge in [-0.15, -0.1) is 0 Å². The molecule has 0 radical (unpaired) electrons. The molecule has 0 fully saturated rings. The van der Waals surface area contributed by atoms with Gasteiger partial charge in [-0.05, 0) is 41.3 Å². The van der Waals surface area contributed by atoms with Gasteiger partial charge in [-0.25, -0.2) is 0 Å². The molecule has 0 aliphatic heterocycles. The second-order valence-electron chi connectivity index (χ2n) is 5.36. The maximum absolute atomic E-state index is 12.1. The van der Waals surface area contributed by atoms with Crippen molar-refractivity contribution < 1.29 is 4.79 Å². The van der Waals surface area contributed by atoms with Crippen molar-refractivity contribution in [2.45, 2.75) is 6.42 Å². The summed E-state index contributed by atoms with van der Waals surface area (Å²) < 4.78 is 1.56. The van der Waals surface area contributed by atoms with Crippen molar-refractivity contribution in [1.29, 1.82) is 0 Å². The van der Waals surface area contributed by atoms with E-state index in [2.05, 4.69) is 5.32 Å². The fourth-order valence-corrected chi connectivity index (χ4v) is 2.56. The number of aromatic nitrogens is 1. The van der Waals surface area contributed by atoms with Crippen LogP contribution >= 0.6 is 11.6 Å². The average molecular weight is 327 g/mol. The number of benzene rings is 2. The Hall–Kier alpha value is -2.59. The zero-order valence-corrected chi connectivity index (χ0v) is 13.3. The molecule has 5 heteroatoms. The number of hydrogen-bond acceptors (Lipinski definition) is 2. The van der Waals surface area contributed by atoms with Crippen LogP contribution in [0.5, 0.6) is 0 Å². The Labute approximate surface area is 138 Å². The zero-order chi connectivity index (χ0) is 16.4. The molecule has 1 amide bonds. The minimum atomic E-state index is -0.118. The smallest absolute Gasteiger partial charge is 0.250 e. The molecule has 0 atom stereocenters. The number of carbonyl (C=O) groups excluding carboxylic acids is 1. The molecule has 1 aromatic heterocycles. The Balaban J connectivity index is 1.80. The molecule has 0 unspecified atom stereocenters. The number of anilines is 1. The highest BCUT2D eigenvalue weighted by molar-refractivity contribution is 6.30. The van der Waals surface area contributed by atoms with Gasteiger partial charge in [-0.2, -0.15) is 0 Å². The molecule has 0 saturated carbocycles. The van der Waals surface area contributed by atoms with Crippen LogP contribution in [0.4, 0.5) is 5.69 Å². The molecule has 116 valence electrons. The van der Waals surface area contributed by atoms with E-state index in [1.807, 2.05) is 24.3 Å². The third-order valence-corrected chi connectivity index (χ3v) is 3.94. The predicted molar refractivity (Wildman–Crippen MR) is 93.0 cm³/mol. The summed E-state index contributed by atoms with van der Waals surface area (Å²) in [6.45, 7) is 0. The topological polar surface area (TPSA) is 51.1 Å². The van der Waals surface area contributed by atoms with Gasteiger partial charge in [0.1, 0.15) is 0 Å². The Morgan fingerprint density at radius 2 is 1.78 bits per heavy atom. The van der Waals surface area contributed by atoms with Crippen LogP contribution in [-0.4, -0.2) is 10.5 Å². The van der Waals surface area contributed by atoms with Crippen LogP contribution in [0.1, 0.15) is 5.56 Å². The standard InChI is InChI=1S/C18H15ClN2O2/c1-21-16-11-15(8-4-13(16)5-9-18(21)23)20-17(22)10-12-2-6-14(19)7-3-12/h2-9,11H,10H2,1H3,(H,20,22). The van der Waals surface area contributed by atoms with Crippen LogP contribution in [-0.2, 0) is 18.3 Å². The van der Waals surface area contributed by atoms with Gasteiger partial charge in [0.2, 0.25) is 5.91 Å². The van der Waals surface area contributed by atoms with Crippen molar-refractivity contribution in [3.8, 4) is 0 Å². The van der Waals surface area contributed by atoms with E-state index in [0.29, 0.717) is 10.7 Å². The summed E-state index contributed by atoms with van der Waals surface area (Å²) >= 11 is 5.83. The van der Waals surface area contributed by atoms with E-state index in [1.54, 1.807) is 35.9 Å². The van der Waals surface area contributed by atoms with E-state index in [0.717, 1.165) is 16.5 Å². The van der Waals surface area contributed by atoms with Crippen molar-refractivity contribution in [3.05, 3.63) is 75.5 Å². The van der Waals surface area contributed by atoms with Gasteiger partial charge in [0.15, 0.2) is 0 Å². The highest BCUT2D eigenvalue weighted by Crippen LogP contribution is 2.18. The SMILES string of the molecule is Cn1c(=O)ccc2ccc(NC(=O)Cc3ccc(Cl)cc3)cc21. The number of pyridine rings is 1. The summed E-state index contributed by atoms with van der Waals surface area (Å²) in [7, 11) is 1.71. The van der Waals surface area contributed by atoms with E-state index in [9.17, 15) is 9.59 Å². The fourth-order valence-electron chi connectivity index (χ4n) is 2.44. The van der Waals surface area contributed by atoms with Crippen LogP contribution < -0.4 is 10.9 Å². The van der Waals surface area contributed by atoms with E-state index in [4.69, 9.17) is 11.6 Å². The lowest BCUT2D eigenvalue weighted by Gasteiger charge is -2.09. The van der Waals surface area contributed by atoms with Gasteiger partial charge in [-0.1, -0.05) is 29.8 Å². The van der Waals surface area contributed by atoms with E-state index < -0.39 is 0 Å². The van der Waals surface area contributed by atoms with Gasteiger partial charge >= 0.3 is 0 Å². The molecule has 23 heavy (non-hydrogen) atoms. The number of aryl methyl sites for hydroxylation is 1. The summed E-state index contributed by atoms with van der Waals surface area (Å²) in [4.78, 5) is 23.8. The normalized spacial score (nSPS) is 10.7. The molecule has 1 heterocycles. The average Bonchev–Trinajstić information content (AvgIpc) is 2.53. The number of fused-ring (bicyclic) bond motifs is 1. The molecule has 2 aromatic carbocycles. The van der Waals surface area contributed by atoms with Gasteiger partial charge in [0.05, 0.1) is 11.9 Å². The summed E-state index contributed by atoms with van der Waals surface area (Å²) in [5, 5.41) is 4.45. The van der Waals surface area contributed by atoms with Crippen LogP contribution in [0.15, 0.2) is 59.4 Å². The first-order chi connectivity index (χ1) is 11.0. The lowest BCUT2D eigenvalue weighted by molar-refractivity contribution is -0.115. The number of carbonyl (C=O) groups is 1. The number of rotatable bonds is 3. The van der Waals surface area contributed by atoms with Crippen LogP contribution in [0.3, 0.4) is 0 Å². The minimum Gasteiger partial charge on any atom is -0.326 e. The lowest BCUT2D eigenvalue weighted by atomic mass is 10.1. The van der Waals surface area contributed by atoms with Gasteiger partial charge in [0, 0.05) is 23.8 Å². The van der Waals surface area contributed by atoms with Gasteiger partial charge in [-0.3, -0.25) is 9.59 Å². The Kier molecular flexibility index (Phi) is 4.17. The summed E-state index contributed by atoms with van der Waals surface area (Å²) in [6, 6.07) is 16.0. The summed E-state index contributed by atoms with van der Waals surface area (Å²) in [6.07, 6.45) is 0.267. The molecule has 0 saturated heterocycles. The van der Waals surface area contributed by atoms with Crippen molar-refractivity contribution in [1.82, 2.24) is 4.57 Å². The molecule has 0 aliphatic rings. The molecule has 3 rings (SSSR count). The molecular weight excluding hydrogens is 312 g/mol. The third kappa shape index (κ3) is 3.43. The molecule has 0 aliphatic carbocycles. The van der Waals surface area contributed by atoms with Crippen molar-refractivity contribution >= 4 is 34.1 Å². The molecule has 0 spiro atoms. The van der Waals surface area contributed by atoms with Crippen molar-refractivity contribution in [2.75, 3.05) is 5.32 Å². The fraction of sp³-hybridized carbons (Fsp3) is 0.111. The first-order valence-corrected chi connectivity index (χ1v) is 7.55. The number of nitrogens with zero attached hydrogens (tertiary/aromatic N) is 1. The third-order valence-electron chi connectivity index (χ3n) is 3.69. The Morgan fingerprint density at radius 1 is 1.09 bits per heavy atom. The van der Waals surface area contributed by atoms with Crippen molar-refractivity contribution in [2.24, 2.45) is 7.05 Å². The Bertz CT molecular complexity index is 930. The molecule has 3 aromatic rings. The van der Waals surface area contributed by atoms with E-state index >= 15 is 0 Å². The van der Waals surface area contributed by atoms with Crippen LogP contribution in [0, 0.1) is 0 Å². The van der Waals surface area contributed by atoms with Crippen molar-refractivity contribution in [3.63, 3.8) is 0 Å². The second kappa shape index (κ2) is 6.26. The van der Waals surface area contributed by atoms with Gasteiger partial charge in [0.25, 0.3) is 5.56 Å². The number of amides is 1. The first-order valence-electron chi connectivity index (χ1n) is 7.17. The lowest BCUT2D eigenvalue weighted by Crippen LogP contribution is -2.16. The predicted octanol–water partition coefficient (Wildman–Crippen LogP) is 3.37. The highest BCUT2D eigenvalue weighted by atomic mass is 35.5. The summed E-state index contributed by atoms with van der Waals surface area (Å²) in [5.41, 5.74) is 2.25. The maximum atomic E-state index is 12.1. The zero-order valence-electron chi connectivity index (χ0n) is 12.5. The van der Waals surface area contributed by atoms with Crippen LogP contribution in [0.2, 0.25) is 5.02 Å². The first kappa shape index (κ1) is 15.3. The highest BCUT2D eigenvalue weighted by Gasteiger charge is 2.06. The quantitative estimate of drug-likeness (QED) is 0.802. The number of hydrogen-bond donors (Lipinski definition) is 1. The van der Waals surface area contributed by atoms with Gasteiger partial charge < -0.3 is 9.88 Å². The molecule has 0 bridgehead atoms. The van der Waals surface area contributed by atoms with Crippen LogP contribution in [0.25, 0.3) is 10.9 Å².